The van der Waals surface area contributed by atoms with Crippen molar-refractivity contribution in [2.75, 3.05) is 13.9 Å². The van der Waals surface area contributed by atoms with Crippen molar-refractivity contribution in [2.45, 2.75) is 0 Å². The van der Waals surface area contributed by atoms with Gasteiger partial charge in [0.2, 0.25) is 0 Å². The summed E-state index contributed by atoms with van der Waals surface area (Å²) < 4.78 is 10.1. The molecule has 20 heavy (non-hydrogen) atoms. The number of hydrogen-bond donors (Lipinski definition) is 0. The molecule has 0 fully saturated rings. The Balaban J connectivity index is 2.20. The lowest BCUT2D eigenvalue weighted by molar-refractivity contribution is 0.0511. The maximum absolute atomic E-state index is 9.26. The first-order valence-electron chi connectivity index (χ1n) is 6.07. The third kappa shape index (κ3) is 3.67. The Morgan fingerprint density at radius 3 is 2.70 bits per heavy atom. The topological polar surface area (TPSA) is 55.1 Å². The molecule has 0 aliphatic carbocycles. The molecule has 0 saturated carbocycles. The maximum Gasteiger partial charge on any atom is 0.188 e. The molecule has 0 unspecified atom stereocenters. The number of methoxy groups -OCH3 is 1. The lowest BCUT2D eigenvalue weighted by Crippen LogP contribution is -1.98. The molecule has 0 spiro atoms. The number of aromatic nitrogens is 1. The normalized spacial score (nSPS) is 10.9. The molecule has 0 aliphatic heterocycles. The molecule has 0 atom stereocenters. The van der Waals surface area contributed by atoms with E-state index in [1.807, 2.05) is 36.4 Å². The SMILES string of the molecule is COCOc1ccc(C(C#N)=Cc2cccnc2)cc1. The van der Waals surface area contributed by atoms with Gasteiger partial charge in [0.1, 0.15) is 5.75 Å². The number of benzene rings is 1. The lowest BCUT2D eigenvalue weighted by atomic mass is 10.0. The van der Waals surface area contributed by atoms with Crippen LogP contribution in [-0.2, 0) is 4.74 Å². The van der Waals surface area contributed by atoms with Crippen LogP contribution in [0, 0.1) is 11.3 Å². The summed E-state index contributed by atoms with van der Waals surface area (Å²) in [7, 11) is 1.57. The van der Waals surface area contributed by atoms with E-state index in [1.165, 1.54) is 0 Å². The summed E-state index contributed by atoms with van der Waals surface area (Å²) in [5, 5.41) is 9.26. The zero-order chi connectivity index (χ0) is 14.2. The standard InChI is InChI=1S/C16H14N2O2/c1-19-12-20-16-6-4-14(5-7-16)15(10-17)9-13-3-2-8-18-11-13/h2-9,11H,12H2,1H3. The average molecular weight is 266 g/mol. The fourth-order valence-electron chi connectivity index (χ4n) is 1.67. The summed E-state index contributed by atoms with van der Waals surface area (Å²) in [6.45, 7) is 0.204. The van der Waals surface area contributed by atoms with Gasteiger partial charge in [-0.25, -0.2) is 0 Å². The largest absolute Gasteiger partial charge is 0.468 e. The van der Waals surface area contributed by atoms with E-state index in [4.69, 9.17) is 9.47 Å². The Kier molecular flexibility index (Phi) is 4.87. The second-order valence-corrected chi connectivity index (χ2v) is 4.03. The molecular weight excluding hydrogens is 252 g/mol. The van der Waals surface area contributed by atoms with Crippen molar-refractivity contribution in [1.29, 1.82) is 5.26 Å². The molecule has 0 aliphatic rings. The molecule has 0 saturated heterocycles. The van der Waals surface area contributed by atoms with Crippen LogP contribution in [0.1, 0.15) is 11.1 Å². The van der Waals surface area contributed by atoms with E-state index >= 15 is 0 Å². The van der Waals surface area contributed by atoms with Gasteiger partial charge in [0.05, 0.1) is 11.6 Å². The van der Waals surface area contributed by atoms with Gasteiger partial charge >= 0.3 is 0 Å². The molecule has 2 rings (SSSR count). The van der Waals surface area contributed by atoms with Crippen molar-refractivity contribution in [3.05, 3.63) is 59.9 Å². The first kappa shape index (κ1) is 13.8. The molecule has 1 heterocycles. The Hall–Kier alpha value is -2.64. The van der Waals surface area contributed by atoms with E-state index in [2.05, 4.69) is 11.1 Å². The zero-order valence-electron chi connectivity index (χ0n) is 11.1. The summed E-state index contributed by atoms with van der Waals surface area (Å²) in [6, 6.07) is 13.2. The first-order chi connectivity index (χ1) is 9.83. The van der Waals surface area contributed by atoms with Crippen LogP contribution in [0.4, 0.5) is 0 Å². The van der Waals surface area contributed by atoms with E-state index in [-0.39, 0.29) is 6.79 Å². The van der Waals surface area contributed by atoms with Crippen LogP contribution in [0.2, 0.25) is 0 Å². The van der Waals surface area contributed by atoms with Crippen LogP contribution < -0.4 is 4.74 Å². The van der Waals surface area contributed by atoms with Crippen molar-refractivity contribution in [3.8, 4) is 11.8 Å². The van der Waals surface area contributed by atoms with Crippen LogP contribution in [-0.4, -0.2) is 18.9 Å². The lowest BCUT2D eigenvalue weighted by Gasteiger charge is -2.05. The summed E-state index contributed by atoms with van der Waals surface area (Å²) in [5.74, 6) is 0.703. The number of pyridine rings is 1. The minimum absolute atomic E-state index is 0.204. The molecule has 100 valence electrons. The number of ether oxygens (including phenoxy) is 2. The van der Waals surface area contributed by atoms with Crippen molar-refractivity contribution in [3.63, 3.8) is 0 Å². The van der Waals surface area contributed by atoms with Gasteiger partial charge in [0.15, 0.2) is 6.79 Å². The molecule has 0 bridgehead atoms. The van der Waals surface area contributed by atoms with Gasteiger partial charge in [-0.15, -0.1) is 0 Å². The minimum atomic E-state index is 0.204. The molecule has 0 N–H and O–H groups in total. The quantitative estimate of drug-likeness (QED) is 0.616. The van der Waals surface area contributed by atoms with Crippen molar-refractivity contribution in [1.82, 2.24) is 4.98 Å². The van der Waals surface area contributed by atoms with E-state index in [0.29, 0.717) is 11.3 Å². The summed E-state index contributed by atoms with van der Waals surface area (Å²) in [6.07, 6.45) is 5.22. The van der Waals surface area contributed by atoms with Crippen molar-refractivity contribution < 1.29 is 9.47 Å². The summed E-state index contributed by atoms with van der Waals surface area (Å²) in [5.41, 5.74) is 2.31. The van der Waals surface area contributed by atoms with Crippen LogP contribution in [0.25, 0.3) is 11.6 Å². The third-order valence-electron chi connectivity index (χ3n) is 2.62. The molecule has 0 radical (unpaired) electrons. The fourth-order valence-corrected chi connectivity index (χ4v) is 1.67. The van der Waals surface area contributed by atoms with Gasteiger partial charge in [-0.1, -0.05) is 6.07 Å². The van der Waals surface area contributed by atoms with Gasteiger partial charge < -0.3 is 9.47 Å². The maximum atomic E-state index is 9.26. The Morgan fingerprint density at radius 1 is 1.30 bits per heavy atom. The fraction of sp³-hybridized carbons (Fsp3) is 0.125. The van der Waals surface area contributed by atoms with E-state index in [9.17, 15) is 5.26 Å². The third-order valence-corrected chi connectivity index (χ3v) is 2.62. The molecular formula is C16H14N2O2. The number of nitrogens with zero attached hydrogens (tertiary/aromatic N) is 2. The van der Waals surface area contributed by atoms with E-state index < -0.39 is 0 Å². The first-order valence-corrected chi connectivity index (χ1v) is 6.07. The summed E-state index contributed by atoms with van der Waals surface area (Å²) in [4.78, 5) is 4.03. The van der Waals surface area contributed by atoms with Crippen LogP contribution in [0.3, 0.4) is 0 Å². The van der Waals surface area contributed by atoms with E-state index in [0.717, 1.165) is 11.1 Å². The molecule has 2 aromatic rings. The van der Waals surface area contributed by atoms with Crippen molar-refractivity contribution in [2.24, 2.45) is 0 Å². The number of allylic oxidation sites excluding steroid dienone is 1. The second-order valence-electron chi connectivity index (χ2n) is 4.03. The summed E-state index contributed by atoms with van der Waals surface area (Å²) >= 11 is 0. The predicted octanol–water partition coefficient (Wildman–Crippen LogP) is 3.13. The highest BCUT2D eigenvalue weighted by molar-refractivity contribution is 5.89. The van der Waals surface area contributed by atoms with Gasteiger partial charge in [0, 0.05) is 19.5 Å². The van der Waals surface area contributed by atoms with Gasteiger partial charge in [-0.05, 0) is 47.5 Å². The van der Waals surface area contributed by atoms with Gasteiger partial charge in [0.25, 0.3) is 0 Å². The predicted molar refractivity (Wildman–Crippen MR) is 76.7 cm³/mol. The highest BCUT2D eigenvalue weighted by atomic mass is 16.7. The molecule has 4 nitrogen and oxygen atoms in total. The zero-order valence-corrected chi connectivity index (χ0v) is 11.1. The van der Waals surface area contributed by atoms with Crippen LogP contribution >= 0.6 is 0 Å². The Morgan fingerprint density at radius 2 is 2.10 bits per heavy atom. The van der Waals surface area contributed by atoms with Gasteiger partial charge in [-0.3, -0.25) is 4.98 Å². The van der Waals surface area contributed by atoms with Crippen molar-refractivity contribution >= 4 is 11.6 Å². The number of nitriles is 1. The highest BCUT2D eigenvalue weighted by Crippen LogP contribution is 2.20. The average Bonchev–Trinajstić information content (AvgIpc) is 2.52. The highest BCUT2D eigenvalue weighted by Gasteiger charge is 2.02. The van der Waals surface area contributed by atoms with Crippen LogP contribution in [0.5, 0.6) is 5.75 Å². The Labute approximate surface area is 117 Å². The van der Waals surface area contributed by atoms with E-state index in [1.54, 1.807) is 25.6 Å². The van der Waals surface area contributed by atoms with Gasteiger partial charge in [-0.2, -0.15) is 5.26 Å². The number of hydrogen-bond acceptors (Lipinski definition) is 4. The van der Waals surface area contributed by atoms with Crippen LogP contribution in [0.15, 0.2) is 48.8 Å². The number of rotatable bonds is 5. The second kappa shape index (κ2) is 7.07. The monoisotopic (exact) mass is 266 g/mol. The smallest absolute Gasteiger partial charge is 0.188 e. The molecule has 1 aromatic carbocycles. The minimum Gasteiger partial charge on any atom is -0.468 e. The molecule has 1 aromatic heterocycles. The molecule has 0 amide bonds. The Bertz CT molecular complexity index is 613. The molecule has 4 heteroatoms.